The molecular formula is C14H22N2O3S. The highest BCUT2D eigenvalue weighted by molar-refractivity contribution is 7.92. The SMILES string of the molecule is O=S(=O)(CCCO)Nc1ccc(N2CCCCC2)cc1. The van der Waals surface area contributed by atoms with Crippen molar-refractivity contribution in [1.82, 2.24) is 0 Å². The zero-order valence-corrected chi connectivity index (χ0v) is 12.4. The Kier molecular flexibility index (Phi) is 5.25. The van der Waals surface area contributed by atoms with Gasteiger partial charge in [-0.3, -0.25) is 4.72 Å². The molecule has 1 aromatic carbocycles. The second-order valence-corrected chi connectivity index (χ2v) is 6.93. The van der Waals surface area contributed by atoms with Crippen LogP contribution >= 0.6 is 0 Å². The van der Waals surface area contributed by atoms with Crippen molar-refractivity contribution in [2.45, 2.75) is 25.7 Å². The van der Waals surface area contributed by atoms with Crippen molar-refractivity contribution < 1.29 is 13.5 Å². The van der Waals surface area contributed by atoms with E-state index in [0.29, 0.717) is 5.69 Å². The molecule has 1 aliphatic heterocycles. The summed E-state index contributed by atoms with van der Waals surface area (Å²) in [5, 5.41) is 8.68. The first kappa shape index (κ1) is 15.1. The number of anilines is 2. The molecule has 1 aliphatic rings. The fraction of sp³-hybridized carbons (Fsp3) is 0.571. The Labute approximate surface area is 120 Å². The average Bonchev–Trinajstić information content (AvgIpc) is 2.46. The molecule has 0 atom stereocenters. The van der Waals surface area contributed by atoms with Crippen molar-refractivity contribution in [2.24, 2.45) is 0 Å². The quantitative estimate of drug-likeness (QED) is 0.840. The lowest BCUT2D eigenvalue weighted by atomic mass is 10.1. The van der Waals surface area contributed by atoms with Crippen LogP contribution in [0.5, 0.6) is 0 Å². The molecule has 0 aliphatic carbocycles. The van der Waals surface area contributed by atoms with Gasteiger partial charge in [0, 0.05) is 31.1 Å². The number of nitrogens with zero attached hydrogens (tertiary/aromatic N) is 1. The molecule has 6 heteroatoms. The van der Waals surface area contributed by atoms with Crippen LogP contribution in [0.2, 0.25) is 0 Å². The molecule has 20 heavy (non-hydrogen) atoms. The normalized spacial score (nSPS) is 16.1. The maximum absolute atomic E-state index is 11.7. The summed E-state index contributed by atoms with van der Waals surface area (Å²) >= 11 is 0. The van der Waals surface area contributed by atoms with Gasteiger partial charge in [0.15, 0.2) is 0 Å². The van der Waals surface area contributed by atoms with Crippen LogP contribution in [0.4, 0.5) is 11.4 Å². The van der Waals surface area contributed by atoms with E-state index in [1.165, 1.54) is 19.3 Å². The summed E-state index contributed by atoms with van der Waals surface area (Å²) in [5.74, 6) is -0.0582. The Hall–Kier alpha value is -1.27. The number of rotatable bonds is 6. The Balaban J connectivity index is 1.97. The lowest BCUT2D eigenvalue weighted by molar-refractivity contribution is 0.295. The van der Waals surface area contributed by atoms with Gasteiger partial charge in [-0.15, -0.1) is 0 Å². The molecule has 2 rings (SSSR count). The van der Waals surface area contributed by atoms with E-state index < -0.39 is 10.0 Å². The largest absolute Gasteiger partial charge is 0.396 e. The van der Waals surface area contributed by atoms with Crippen LogP contribution in [0, 0.1) is 0 Å². The maximum atomic E-state index is 11.7. The highest BCUT2D eigenvalue weighted by Gasteiger charge is 2.12. The molecule has 0 bridgehead atoms. The summed E-state index contributed by atoms with van der Waals surface area (Å²) in [5.41, 5.74) is 1.71. The van der Waals surface area contributed by atoms with E-state index in [-0.39, 0.29) is 18.8 Å². The molecule has 0 saturated carbocycles. The summed E-state index contributed by atoms with van der Waals surface area (Å²) in [6, 6.07) is 7.49. The third-order valence-electron chi connectivity index (χ3n) is 3.43. The molecule has 1 fully saturated rings. The summed E-state index contributed by atoms with van der Waals surface area (Å²) in [7, 11) is -3.36. The van der Waals surface area contributed by atoms with E-state index in [1.54, 1.807) is 12.1 Å². The minimum absolute atomic E-state index is 0.0582. The fourth-order valence-electron chi connectivity index (χ4n) is 2.38. The van der Waals surface area contributed by atoms with Gasteiger partial charge >= 0.3 is 0 Å². The van der Waals surface area contributed by atoms with Gasteiger partial charge in [-0.05, 0) is 49.9 Å². The second kappa shape index (κ2) is 6.95. The number of hydrogen-bond acceptors (Lipinski definition) is 4. The van der Waals surface area contributed by atoms with Crippen molar-refractivity contribution in [3.05, 3.63) is 24.3 Å². The molecule has 0 amide bonds. The van der Waals surface area contributed by atoms with Crippen molar-refractivity contribution in [3.63, 3.8) is 0 Å². The Morgan fingerprint density at radius 1 is 1.10 bits per heavy atom. The molecule has 0 radical (unpaired) electrons. The van der Waals surface area contributed by atoms with Gasteiger partial charge in [0.2, 0.25) is 10.0 Å². The first-order valence-electron chi connectivity index (χ1n) is 7.07. The maximum Gasteiger partial charge on any atom is 0.232 e. The Morgan fingerprint density at radius 3 is 2.35 bits per heavy atom. The highest BCUT2D eigenvalue weighted by atomic mass is 32.2. The Morgan fingerprint density at radius 2 is 1.75 bits per heavy atom. The van der Waals surface area contributed by atoms with E-state index in [9.17, 15) is 8.42 Å². The number of nitrogens with one attached hydrogen (secondary N) is 1. The zero-order chi connectivity index (χ0) is 14.4. The number of sulfonamides is 1. The van der Waals surface area contributed by atoms with Crippen LogP contribution in [-0.2, 0) is 10.0 Å². The van der Waals surface area contributed by atoms with Crippen LogP contribution in [0.25, 0.3) is 0 Å². The monoisotopic (exact) mass is 298 g/mol. The lowest BCUT2D eigenvalue weighted by Crippen LogP contribution is -2.29. The minimum atomic E-state index is -3.36. The standard InChI is InChI=1S/C14H22N2O3S/c17-11-4-12-20(18,19)15-13-5-7-14(8-6-13)16-9-2-1-3-10-16/h5-8,15,17H,1-4,9-12H2. The number of hydrogen-bond donors (Lipinski definition) is 2. The summed E-state index contributed by atoms with van der Waals surface area (Å²) in [6.07, 6.45) is 3.98. The number of aliphatic hydroxyl groups excluding tert-OH is 1. The average molecular weight is 298 g/mol. The molecule has 0 spiro atoms. The van der Waals surface area contributed by atoms with Crippen molar-refractivity contribution in [1.29, 1.82) is 0 Å². The van der Waals surface area contributed by atoms with Crippen molar-refractivity contribution in [2.75, 3.05) is 35.1 Å². The second-order valence-electron chi connectivity index (χ2n) is 5.09. The van der Waals surface area contributed by atoms with Gasteiger partial charge < -0.3 is 10.0 Å². The summed E-state index contributed by atoms with van der Waals surface area (Å²) in [6.45, 7) is 2.03. The lowest BCUT2D eigenvalue weighted by Gasteiger charge is -2.28. The number of benzene rings is 1. The predicted octanol–water partition coefficient (Wildman–Crippen LogP) is 1.80. The molecule has 5 nitrogen and oxygen atoms in total. The molecule has 1 aromatic rings. The third kappa shape index (κ3) is 4.38. The van der Waals surface area contributed by atoms with E-state index in [1.807, 2.05) is 12.1 Å². The first-order valence-corrected chi connectivity index (χ1v) is 8.72. The summed E-state index contributed by atoms with van der Waals surface area (Å²) in [4.78, 5) is 2.33. The zero-order valence-electron chi connectivity index (χ0n) is 11.6. The van der Waals surface area contributed by atoms with Gasteiger partial charge in [0.25, 0.3) is 0 Å². The van der Waals surface area contributed by atoms with Crippen LogP contribution in [0.15, 0.2) is 24.3 Å². The molecular weight excluding hydrogens is 276 g/mol. The Bertz CT molecular complexity index is 508. The molecule has 112 valence electrons. The van der Waals surface area contributed by atoms with Gasteiger partial charge in [0.1, 0.15) is 0 Å². The minimum Gasteiger partial charge on any atom is -0.396 e. The molecule has 0 unspecified atom stereocenters. The first-order chi connectivity index (χ1) is 9.61. The third-order valence-corrected chi connectivity index (χ3v) is 4.81. The highest BCUT2D eigenvalue weighted by Crippen LogP contribution is 2.22. The molecule has 1 saturated heterocycles. The van der Waals surface area contributed by atoms with Crippen LogP contribution in [0.3, 0.4) is 0 Å². The van der Waals surface area contributed by atoms with Crippen LogP contribution < -0.4 is 9.62 Å². The van der Waals surface area contributed by atoms with Crippen molar-refractivity contribution in [3.8, 4) is 0 Å². The number of aliphatic hydroxyl groups is 1. The molecule has 2 N–H and O–H groups in total. The van der Waals surface area contributed by atoms with Crippen molar-refractivity contribution >= 4 is 21.4 Å². The van der Waals surface area contributed by atoms with Gasteiger partial charge in [0.05, 0.1) is 5.75 Å². The summed E-state index contributed by atoms with van der Waals surface area (Å²) < 4.78 is 26.0. The number of piperidine rings is 1. The van der Waals surface area contributed by atoms with Gasteiger partial charge in [-0.2, -0.15) is 0 Å². The van der Waals surface area contributed by atoms with Gasteiger partial charge in [-0.1, -0.05) is 0 Å². The van der Waals surface area contributed by atoms with Crippen LogP contribution in [0.1, 0.15) is 25.7 Å². The van der Waals surface area contributed by atoms with E-state index in [0.717, 1.165) is 18.8 Å². The smallest absolute Gasteiger partial charge is 0.232 e. The predicted molar refractivity (Wildman–Crippen MR) is 81.6 cm³/mol. The fourth-order valence-corrected chi connectivity index (χ4v) is 3.48. The molecule has 0 aromatic heterocycles. The van der Waals surface area contributed by atoms with E-state index >= 15 is 0 Å². The molecule has 1 heterocycles. The van der Waals surface area contributed by atoms with Crippen LogP contribution in [-0.4, -0.2) is 39.0 Å². The van der Waals surface area contributed by atoms with E-state index in [2.05, 4.69) is 9.62 Å². The van der Waals surface area contributed by atoms with E-state index in [4.69, 9.17) is 5.11 Å². The topological polar surface area (TPSA) is 69.6 Å². The van der Waals surface area contributed by atoms with Gasteiger partial charge in [-0.25, -0.2) is 8.42 Å².